The summed E-state index contributed by atoms with van der Waals surface area (Å²) >= 11 is 0. The summed E-state index contributed by atoms with van der Waals surface area (Å²) in [6, 6.07) is 0. The Labute approximate surface area is 125 Å². The summed E-state index contributed by atoms with van der Waals surface area (Å²) in [4.78, 5) is 38.1. The number of piperidine rings is 1. The maximum Gasteiger partial charge on any atom is 0.252 e. The molecule has 1 atom stereocenters. The fraction of sp³-hybridized carbons (Fsp3) is 0.800. The van der Waals surface area contributed by atoms with Crippen molar-refractivity contribution in [2.75, 3.05) is 19.6 Å². The number of rotatable bonds is 2. The number of hydrogen-bond donors (Lipinski definition) is 2. The van der Waals surface area contributed by atoms with Crippen LogP contribution >= 0.6 is 0 Å². The first-order valence-electron chi connectivity index (χ1n) is 7.54. The molecule has 2 N–H and O–H groups in total. The second-order valence-corrected chi connectivity index (χ2v) is 7.09. The zero-order valence-electron chi connectivity index (χ0n) is 13.3. The van der Waals surface area contributed by atoms with Gasteiger partial charge in [-0.25, -0.2) is 0 Å². The van der Waals surface area contributed by atoms with E-state index in [1.807, 2.05) is 13.8 Å². The van der Waals surface area contributed by atoms with Crippen molar-refractivity contribution in [3.63, 3.8) is 0 Å². The predicted octanol–water partition coefficient (Wildman–Crippen LogP) is 0.276. The van der Waals surface area contributed by atoms with Crippen LogP contribution in [0.1, 0.15) is 40.5 Å². The van der Waals surface area contributed by atoms with Gasteiger partial charge < -0.3 is 10.2 Å². The highest BCUT2D eigenvalue weighted by atomic mass is 16.2. The Hall–Kier alpha value is -1.43. The van der Waals surface area contributed by atoms with Crippen molar-refractivity contribution in [1.29, 1.82) is 0 Å². The predicted molar refractivity (Wildman–Crippen MR) is 78.3 cm³/mol. The molecule has 1 unspecified atom stereocenters. The Morgan fingerprint density at radius 2 is 2.00 bits per heavy atom. The molecular weight excluding hydrogens is 270 g/mol. The lowest BCUT2D eigenvalue weighted by molar-refractivity contribution is -0.162. The minimum absolute atomic E-state index is 0.0544. The van der Waals surface area contributed by atoms with Crippen LogP contribution in [-0.4, -0.2) is 47.8 Å². The molecule has 118 valence electrons. The minimum Gasteiger partial charge on any atom is -0.319 e. The zero-order chi connectivity index (χ0) is 15.8. The van der Waals surface area contributed by atoms with Gasteiger partial charge in [0.05, 0.1) is 0 Å². The van der Waals surface area contributed by atoms with E-state index in [4.69, 9.17) is 0 Å². The molecule has 0 aromatic rings. The Morgan fingerprint density at radius 3 is 2.57 bits per heavy atom. The number of piperazine rings is 1. The molecule has 6 nitrogen and oxygen atoms in total. The van der Waals surface area contributed by atoms with E-state index >= 15 is 0 Å². The van der Waals surface area contributed by atoms with Gasteiger partial charge >= 0.3 is 0 Å². The largest absolute Gasteiger partial charge is 0.319 e. The van der Waals surface area contributed by atoms with Crippen molar-refractivity contribution in [3.8, 4) is 0 Å². The molecule has 3 amide bonds. The number of hydrogen-bond acceptors (Lipinski definition) is 4. The van der Waals surface area contributed by atoms with E-state index < -0.39 is 22.8 Å². The number of nitrogens with one attached hydrogen (secondary N) is 2. The first-order chi connectivity index (χ1) is 9.67. The highest BCUT2D eigenvalue weighted by molar-refractivity contribution is 6.06. The molecule has 2 aliphatic rings. The van der Waals surface area contributed by atoms with Gasteiger partial charge in [0.2, 0.25) is 11.8 Å². The van der Waals surface area contributed by atoms with Crippen molar-refractivity contribution < 1.29 is 14.4 Å². The van der Waals surface area contributed by atoms with Crippen LogP contribution in [0.15, 0.2) is 0 Å². The molecule has 0 aromatic carbocycles. The van der Waals surface area contributed by atoms with Crippen molar-refractivity contribution in [2.45, 2.75) is 46.1 Å². The molecule has 0 saturated carbocycles. The van der Waals surface area contributed by atoms with E-state index in [2.05, 4.69) is 10.6 Å². The van der Waals surface area contributed by atoms with E-state index in [0.717, 1.165) is 25.9 Å². The summed E-state index contributed by atoms with van der Waals surface area (Å²) < 4.78 is 0. The van der Waals surface area contributed by atoms with Crippen LogP contribution in [0, 0.1) is 11.3 Å². The molecule has 0 aromatic heterocycles. The normalized spacial score (nSPS) is 26.5. The van der Waals surface area contributed by atoms with Crippen molar-refractivity contribution in [2.24, 2.45) is 11.3 Å². The topological polar surface area (TPSA) is 78.5 Å². The van der Waals surface area contributed by atoms with Crippen LogP contribution in [0.4, 0.5) is 0 Å². The number of nitrogens with zero attached hydrogens (tertiary/aromatic N) is 1. The highest BCUT2D eigenvalue weighted by Crippen LogP contribution is 2.36. The van der Waals surface area contributed by atoms with Gasteiger partial charge in [0.1, 0.15) is 12.1 Å². The average molecular weight is 295 g/mol. The lowest BCUT2D eigenvalue weighted by atomic mass is 9.73. The minimum atomic E-state index is -0.996. The van der Waals surface area contributed by atoms with Crippen molar-refractivity contribution in [3.05, 3.63) is 0 Å². The van der Waals surface area contributed by atoms with Gasteiger partial charge in [0, 0.05) is 5.41 Å². The third kappa shape index (κ3) is 2.81. The van der Waals surface area contributed by atoms with Crippen LogP contribution in [0.3, 0.4) is 0 Å². The van der Waals surface area contributed by atoms with Crippen molar-refractivity contribution in [1.82, 2.24) is 15.5 Å². The van der Waals surface area contributed by atoms with Gasteiger partial charge in [0.25, 0.3) is 5.91 Å². The third-order valence-electron chi connectivity index (χ3n) is 4.90. The highest BCUT2D eigenvalue weighted by Gasteiger charge is 2.49. The number of amides is 3. The zero-order valence-corrected chi connectivity index (χ0v) is 13.3. The molecule has 2 rings (SSSR count). The molecule has 2 fully saturated rings. The molecule has 2 heterocycles. The summed E-state index contributed by atoms with van der Waals surface area (Å²) in [5.41, 5.74) is -1.59. The Kier molecular flexibility index (Phi) is 4.10. The maximum atomic E-state index is 13.0. The molecule has 2 saturated heterocycles. The van der Waals surface area contributed by atoms with Crippen LogP contribution in [0.5, 0.6) is 0 Å². The van der Waals surface area contributed by atoms with Crippen LogP contribution in [-0.2, 0) is 14.4 Å². The summed E-state index contributed by atoms with van der Waals surface area (Å²) in [7, 11) is 0. The third-order valence-corrected chi connectivity index (χ3v) is 4.90. The van der Waals surface area contributed by atoms with E-state index in [-0.39, 0.29) is 18.4 Å². The molecule has 0 bridgehead atoms. The van der Waals surface area contributed by atoms with Gasteiger partial charge in [-0.15, -0.1) is 0 Å². The van der Waals surface area contributed by atoms with Crippen molar-refractivity contribution >= 4 is 17.7 Å². The number of carbonyl (C=O) groups excluding carboxylic acids is 3. The van der Waals surface area contributed by atoms with Crippen LogP contribution in [0.2, 0.25) is 0 Å². The summed E-state index contributed by atoms with van der Waals surface area (Å²) in [5, 5.41) is 5.62. The first kappa shape index (κ1) is 15.9. The Morgan fingerprint density at radius 1 is 1.33 bits per heavy atom. The van der Waals surface area contributed by atoms with E-state index in [1.54, 1.807) is 13.8 Å². The fourth-order valence-corrected chi connectivity index (χ4v) is 3.10. The molecule has 21 heavy (non-hydrogen) atoms. The molecule has 0 spiro atoms. The van der Waals surface area contributed by atoms with E-state index in [9.17, 15) is 14.4 Å². The van der Waals surface area contributed by atoms with E-state index in [0.29, 0.717) is 0 Å². The van der Waals surface area contributed by atoms with Crippen LogP contribution < -0.4 is 10.6 Å². The quantitative estimate of drug-likeness (QED) is 0.717. The molecule has 0 aliphatic carbocycles. The van der Waals surface area contributed by atoms with E-state index in [1.165, 1.54) is 4.90 Å². The Balaban J connectivity index is 2.24. The van der Waals surface area contributed by atoms with Gasteiger partial charge in [-0.05, 0) is 45.7 Å². The SMILES string of the molecule is CC(C)(C(=O)N1CC(=O)NC(=O)C1(C)C)C1CCCNC1. The first-order valence-corrected chi connectivity index (χ1v) is 7.54. The monoisotopic (exact) mass is 295 g/mol. The van der Waals surface area contributed by atoms with Gasteiger partial charge in [-0.1, -0.05) is 13.8 Å². The standard InChI is InChI=1S/C15H25N3O3/c1-14(2,10-6-5-7-16-8-10)13(21)18-9-11(19)17-12(20)15(18,3)4/h10,16H,5-9H2,1-4H3,(H,17,19,20). The van der Waals surface area contributed by atoms with Gasteiger partial charge in [-0.3, -0.25) is 19.7 Å². The second kappa shape index (κ2) is 5.40. The number of carbonyl (C=O) groups is 3. The lowest BCUT2D eigenvalue weighted by Crippen LogP contribution is -2.67. The average Bonchev–Trinajstić information content (AvgIpc) is 2.43. The molecular formula is C15H25N3O3. The molecule has 0 radical (unpaired) electrons. The lowest BCUT2D eigenvalue weighted by Gasteiger charge is -2.46. The Bertz CT molecular complexity index is 465. The summed E-state index contributed by atoms with van der Waals surface area (Å²) in [6.07, 6.45) is 2.03. The smallest absolute Gasteiger partial charge is 0.252 e. The maximum absolute atomic E-state index is 13.0. The molecule has 2 aliphatic heterocycles. The fourth-order valence-electron chi connectivity index (χ4n) is 3.10. The summed E-state index contributed by atoms with van der Waals surface area (Å²) in [5.74, 6) is -0.728. The van der Waals surface area contributed by atoms with Gasteiger partial charge in [0.15, 0.2) is 0 Å². The summed E-state index contributed by atoms with van der Waals surface area (Å²) in [6.45, 7) is 8.93. The van der Waals surface area contributed by atoms with Gasteiger partial charge in [-0.2, -0.15) is 0 Å². The number of imide groups is 1. The van der Waals surface area contributed by atoms with Crippen LogP contribution in [0.25, 0.3) is 0 Å². The second-order valence-electron chi connectivity index (χ2n) is 7.09. The molecule has 6 heteroatoms.